The molecule has 0 saturated carbocycles. The lowest BCUT2D eigenvalue weighted by molar-refractivity contribution is 0.147. The molecule has 3 heterocycles. The van der Waals surface area contributed by atoms with Gasteiger partial charge in [0.25, 0.3) is 0 Å². The summed E-state index contributed by atoms with van der Waals surface area (Å²) < 4.78 is 5.56. The molecule has 0 radical (unpaired) electrons. The molecule has 2 aromatic rings. The molecule has 126 valence electrons. The van der Waals surface area contributed by atoms with Gasteiger partial charge in [-0.05, 0) is 31.9 Å². The van der Waals surface area contributed by atoms with Crippen molar-refractivity contribution in [2.75, 3.05) is 31.6 Å². The largest absolute Gasteiger partial charge is 0.380 e. The van der Waals surface area contributed by atoms with Crippen LogP contribution in [-0.4, -0.2) is 47.2 Å². The zero-order valence-electron chi connectivity index (χ0n) is 14.2. The Morgan fingerprint density at radius 1 is 1.12 bits per heavy atom. The number of hydrogen-bond donors (Lipinski definition) is 1. The number of fused-ring (bicyclic) bond motifs is 1. The third kappa shape index (κ3) is 3.28. The van der Waals surface area contributed by atoms with Gasteiger partial charge in [-0.15, -0.1) is 0 Å². The van der Waals surface area contributed by atoms with E-state index in [-0.39, 0.29) is 0 Å². The van der Waals surface area contributed by atoms with Gasteiger partial charge in [0.2, 0.25) is 0 Å². The SMILES string of the molecule is Cc1ccc(Nc2ncnc3c2CCN([C@H]2CCOC2)CC3)cc1. The molecule has 5 heteroatoms. The summed E-state index contributed by atoms with van der Waals surface area (Å²) in [5.74, 6) is 0.952. The van der Waals surface area contributed by atoms with Crippen LogP contribution in [0, 0.1) is 6.92 Å². The molecular weight excluding hydrogens is 300 g/mol. The van der Waals surface area contributed by atoms with Gasteiger partial charge >= 0.3 is 0 Å². The van der Waals surface area contributed by atoms with Crippen LogP contribution in [0.2, 0.25) is 0 Å². The summed E-state index contributed by atoms with van der Waals surface area (Å²) in [5.41, 5.74) is 4.78. The normalized spacial score (nSPS) is 21.3. The van der Waals surface area contributed by atoms with Crippen molar-refractivity contribution in [1.29, 1.82) is 0 Å². The average Bonchev–Trinajstić information content (AvgIpc) is 3.04. The summed E-state index contributed by atoms with van der Waals surface area (Å²) in [6.45, 7) is 5.98. The predicted molar refractivity (Wildman–Crippen MR) is 94.7 cm³/mol. The first-order valence-corrected chi connectivity index (χ1v) is 8.78. The Bertz CT molecular complexity index is 695. The number of rotatable bonds is 3. The lowest BCUT2D eigenvalue weighted by Gasteiger charge is -2.25. The summed E-state index contributed by atoms with van der Waals surface area (Å²) >= 11 is 0. The Hall–Kier alpha value is -1.98. The number of benzene rings is 1. The zero-order chi connectivity index (χ0) is 16.4. The van der Waals surface area contributed by atoms with Crippen LogP contribution >= 0.6 is 0 Å². The summed E-state index contributed by atoms with van der Waals surface area (Å²) in [5, 5.41) is 3.48. The quantitative estimate of drug-likeness (QED) is 0.941. The highest BCUT2D eigenvalue weighted by Crippen LogP contribution is 2.25. The molecule has 5 nitrogen and oxygen atoms in total. The van der Waals surface area contributed by atoms with Crippen LogP contribution < -0.4 is 5.32 Å². The molecule has 4 rings (SSSR count). The first-order valence-electron chi connectivity index (χ1n) is 8.78. The van der Waals surface area contributed by atoms with Crippen molar-refractivity contribution in [3.8, 4) is 0 Å². The summed E-state index contributed by atoms with van der Waals surface area (Å²) in [6, 6.07) is 9.00. The minimum Gasteiger partial charge on any atom is -0.380 e. The van der Waals surface area contributed by atoms with Gasteiger partial charge < -0.3 is 10.1 Å². The topological polar surface area (TPSA) is 50.3 Å². The molecule has 2 aliphatic rings. The highest BCUT2D eigenvalue weighted by Gasteiger charge is 2.26. The lowest BCUT2D eigenvalue weighted by atomic mass is 10.1. The Labute approximate surface area is 143 Å². The molecule has 0 amide bonds. The molecule has 1 saturated heterocycles. The van der Waals surface area contributed by atoms with Crippen molar-refractivity contribution < 1.29 is 4.74 Å². The Balaban J connectivity index is 1.53. The Kier molecular flexibility index (Phi) is 4.45. The molecular formula is C19H24N4O. The number of aromatic nitrogens is 2. The van der Waals surface area contributed by atoms with Gasteiger partial charge in [0.15, 0.2) is 0 Å². The molecule has 0 bridgehead atoms. The van der Waals surface area contributed by atoms with Crippen LogP contribution in [0.25, 0.3) is 0 Å². The second-order valence-electron chi connectivity index (χ2n) is 6.69. The maximum atomic E-state index is 5.56. The van der Waals surface area contributed by atoms with Gasteiger partial charge in [-0.25, -0.2) is 9.97 Å². The van der Waals surface area contributed by atoms with E-state index in [0.29, 0.717) is 6.04 Å². The first-order chi connectivity index (χ1) is 11.8. The van der Waals surface area contributed by atoms with E-state index in [1.165, 1.54) is 16.8 Å². The van der Waals surface area contributed by atoms with E-state index in [0.717, 1.165) is 57.1 Å². The second kappa shape index (κ2) is 6.87. The van der Waals surface area contributed by atoms with Crippen molar-refractivity contribution in [1.82, 2.24) is 14.9 Å². The van der Waals surface area contributed by atoms with E-state index in [1.807, 2.05) is 0 Å². The van der Waals surface area contributed by atoms with Crippen molar-refractivity contribution in [3.05, 3.63) is 47.4 Å². The number of aryl methyl sites for hydroxylation is 1. The van der Waals surface area contributed by atoms with E-state index in [4.69, 9.17) is 4.74 Å². The monoisotopic (exact) mass is 324 g/mol. The highest BCUT2D eigenvalue weighted by molar-refractivity contribution is 5.60. The van der Waals surface area contributed by atoms with Crippen LogP contribution in [0.15, 0.2) is 30.6 Å². The molecule has 0 spiro atoms. The molecule has 1 fully saturated rings. The van der Waals surface area contributed by atoms with Crippen molar-refractivity contribution in [2.24, 2.45) is 0 Å². The fourth-order valence-corrected chi connectivity index (χ4v) is 3.60. The highest BCUT2D eigenvalue weighted by atomic mass is 16.5. The van der Waals surface area contributed by atoms with E-state index < -0.39 is 0 Å². The van der Waals surface area contributed by atoms with Crippen molar-refractivity contribution >= 4 is 11.5 Å². The molecule has 0 aliphatic carbocycles. The number of anilines is 2. The van der Waals surface area contributed by atoms with E-state index >= 15 is 0 Å². The lowest BCUT2D eigenvalue weighted by Crippen LogP contribution is -2.37. The van der Waals surface area contributed by atoms with Crippen LogP contribution in [-0.2, 0) is 17.6 Å². The van der Waals surface area contributed by atoms with E-state index in [9.17, 15) is 0 Å². The number of hydrogen-bond acceptors (Lipinski definition) is 5. The van der Waals surface area contributed by atoms with Crippen LogP contribution in [0.3, 0.4) is 0 Å². The first kappa shape index (κ1) is 15.5. The fourth-order valence-electron chi connectivity index (χ4n) is 3.60. The molecule has 1 aromatic heterocycles. The van der Waals surface area contributed by atoms with E-state index in [2.05, 4.69) is 51.4 Å². The average molecular weight is 324 g/mol. The van der Waals surface area contributed by atoms with Crippen LogP contribution in [0.1, 0.15) is 23.2 Å². The summed E-state index contributed by atoms with van der Waals surface area (Å²) in [6.07, 6.45) is 4.80. The standard InChI is InChI=1S/C19H24N4O/c1-14-2-4-15(5-3-14)22-19-17-6-9-23(16-8-11-24-12-16)10-7-18(17)20-13-21-19/h2-5,13,16H,6-12H2,1H3,(H,20,21,22)/t16-/m0/s1. The van der Waals surface area contributed by atoms with Crippen LogP contribution in [0.5, 0.6) is 0 Å². The molecule has 24 heavy (non-hydrogen) atoms. The third-order valence-electron chi connectivity index (χ3n) is 5.06. The van der Waals surface area contributed by atoms with Crippen molar-refractivity contribution in [3.63, 3.8) is 0 Å². The second-order valence-corrected chi connectivity index (χ2v) is 6.69. The maximum absolute atomic E-state index is 5.56. The molecule has 1 aromatic carbocycles. The van der Waals surface area contributed by atoms with Crippen LogP contribution in [0.4, 0.5) is 11.5 Å². The maximum Gasteiger partial charge on any atom is 0.137 e. The minimum absolute atomic E-state index is 0.570. The fraction of sp³-hybridized carbons (Fsp3) is 0.474. The summed E-state index contributed by atoms with van der Waals surface area (Å²) in [4.78, 5) is 11.6. The van der Waals surface area contributed by atoms with Gasteiger partial charge in [-0.3, -0.25) is 4.90 Å². The van der Waals surface area contributed by atoms with Gasteiger partial charge in [0.1, 0.15) is 12.1 Å². The number of nitrogens with zero attached hydrogens (tertiary/aromatic N) is 3. The van der Waals surface area contributed by atoms with Crippen molar-refractivity contribution in [2.45, 2.75) is 32.2 Å². The molecule has 0 unspecified atom stereocenters. The Morgan fingerprint density at radius 2 is 1.96 bits per heavy atom. The van der Waals surface area contributed by atoms with Gasteiger partial charge in [-0.1, -0.05) is 17.7 Å². The minimum atomic E-state index is 0.570. The zero-order valence-corrected chi connectivity index (χ0v) is 14.2. The summed E-state index contributed by atoms with van der Waals surface area (Å²) in [7, 11) is 0. The Morgan fingerprint density at radius 3 is 2.75 bits per heavy atom. The molecule has 1 N–H and O–H groups in total. The smallest absolute Gasteiger partial charge is 0.137 e. The molecule has 2 aliphatic heterocycles. The number of ether oxygens (including phenoxy) is 1. The molecule has 1 atom stereocenters. The van der Waals surface area contributed by atoms with E-state index in [1.54, 1.807) is 6.33 Å². The van der Waals surface area contributed by atoms with Gasteiger partial charge in [0, 0.05) is 43.4 Å². The third-order valence-corrected chi connectivity index (χ3v) is 5.06. The predicted octanol–water partition coefficient (Wildman–Crippen LogP) is 2.72. The van der Waals surface area contributed by atoms with Gasteiger partial charge in [0.05, 0.1) is 12.3 Å². The van der Waals surface area contributed by atoms with Gasteiger partial charge in [-0.2, -0.15) is 0 Å². The number of nitrogens with one attached hydrogen (secondary N) is 1.